The lowest BCUT2D eigenvalue weighted by molar-refractivity contribution is -0.139. The van der Waals surface area contributed by atoms with Gasteiger partial charge in [-0.3, -0.25) is 9.89 Å². The normalized spacial score (nSPS) is 12.0. The van der Waals surface area contributed by atoms with Crippen molar-refractivity contribution in [1.29, 1.82) is 0 Å². The molecule has 29 heavy (non-hydrogen) atoms. The Kier molecular flexibility index (Phi) is 4.82. The maximum Gasteiger partial charge on any atom is 0.341 e. The third-order valence-electron chi connectivity index (χ3n) is 4.71. The lowest BCUT2D eigenvalue weighted by Crippen LogP contribution is -2.26. The van der Waals surface area contributed by atoms with E-state index in [1.54, 1.807) is 36.8 Å². The Morgan fingerprint density at radius 3 is 2.83 bits per heavy atom. The molecule has 0 aliphatic heterocycles. The number of rotatable bonds is 6. The largest absolute Gasteiger partial charge is 0.482 e. The molecule has 0 saturated carbocycles. The molecule has 0 amide bonds. The van der Waals surface area contributed by atoms with E-state index in [9.17, 15) is 9.59 Å². The number of hydrogen-bond donors (Lipinski definition) is 2. The number of ether oxygens (including phenoxy) is 1. The number of H-pyrrole nitrogens is 1. The van der Waals surface area contributed by atoms with E-state index < -0.39 is 12.6 Å². The van der Waals surface area contributed by atoms with Crippen LogP contribution in [0.3, 0.4) is 0 Å². The van der Waals surface area contributed by atoms with Gasteiger partial charge in [0.05, 0.1) is 23.8 Å². The Morgan fingerprint density at radius 2 is 2.07 bits per heavy atom. The number of carbonyl (C=O) groups is 1. The molecule has 0 fully saturated rings. The number of carboxylic acids is 1. The van der Waals surface area contributed by atoms with Crippen LogP contribution < -0.4 is 10.3 Å². The van der Waals surface area contributed by atoms with Crippen molar-refractivity contribution in [3.8, 4) is 16.9 Å². The second-order valence-electron chi connectivity index (χ2n) is 6.61. The molecule has 0 spiro atoms. The minimum atomic E-state index is -1.05. The van der Waals surface area contributed by atoms with Gasteiger partial charge in [0.1, 0.15) is 5.75 Å². The highest BCUT2D eigenvalue weighted by molar-refractivity contribution is 5.85. The molecule has 2 aromatic carbocycles. The summed E-state index contributed by atoms with van der Waals surface area (Å²) in [5.41, 5.74) is 2.36. The Bertz CT molecular complexity index is 1230. The Morgan fingerprint density at radius 1 is 1.21 bits per heavy atom. The molecular weight excluding hydrogens is 372 g/mol. The van der Waals surface area contributed by atoms with Crippen LogP contribution in [0.15, 0.2) is 65.8 Å². The van der Waals surface area contributed by atoms with Crippen LogP contribution in [0.4, 0.5) is 0 Å². The van der Waals surface area contributed by atoms with Crippen molar-refractivity contribution in [2.75, 3.05) is 6.61 Å². The molecule has 0 saturated heterocycles. The number of aromatic amines is 1. The van der Waals surface area contributed by atoms with Crippen LogP contribution in [0.5, 0.6) is 5.75 Å². The molecule has 0 bridgehead atoms. The van der Waals surface area contributed by atoms with Gasteiger partial charge in [-0.15, -0.1) is 0 Å². The lowest BCUT2D eigenvalue weighted by atomic mass is 10.0. The summed E-state index contributed by atoms with van der Waals surface area (Å²) in [4.78, 5) is 23.8. The molecule has 2 N–H and O–H groups in total. The average molecular weight is 390 g/mol. The smallest absolute Gasteiger partial charge is 0.341 e. The number of nitrogens with zero attached hydrogens (tertiary/aromatic N) is 3. The summed E-state index contributed by atoms with van der Waals surface area (Å²) < 4.78 is 6.65. The highest BCUT2D eigenvalue weighted by Gasteiger charge is 2.14. The van der Waals surface area contributed by atoms with Crippen molar-refractivity contribution in [1.82, 2.24) is 20.0 Å². The number of nitrogens with one attached hydrogen (secondary N) is 1. The first-order valence-electron chi connectivity index (χ1n) is 8.98. The van der Waals surface area contributed by atoms with Crippen LogP contribution in [0.2, 0.25) is 0 Å². The average Bonchev–Trinajstić information content (AvgIpc) is 3.27. The van der Waals surface area contributed by atoms with E-state index in [0.717, 1.165) is 22.1 Å². The molecule has 1 atom stereocenters. The van der Waals surface area contributed by atoms with Crippen LogP contribution in [0.1, 0.15) is 18.5 Å². The predicted octanol–water partition coefficient (Wildman–Crippen LogP) is 2.86. The van der Waals surface area contributed by atoms with E-state index in [0.29, 0.717) is 11.1 Å². The number of fused-ring (bicyclic) bond motifs is 1. The fraction of sp³-hybridized carbons (Fsp3) is 0.143. The molecule has 0 aliphatic carbocycles. The van der Waals surface area contributed by atoms with E-state index in [2.05, 4.69) is 15.3 Å². The minimum absolute atomic E-state index is 0.211. The van der Waals surface area contributed by atoms with Crippen molar-refractivity contribution in [2.45, 2.75) is 13.0 Å². The van der Waals surface area contributed by atoms with Crippen molar-refractivity contribution in [3.05, 3.63) is 77.0 Å². The van der Waals surface area contributed by atoms with E-state index in [1.807, 2.05) is 31.2 Å². The van der Waals surface area contributed by atoms with Gasteiger partial charge in [-0.25, -0.2) is 9.48 Å². The monoisotopic (exact) mass is 390 g/mol. The van der Waals surface area contributed by atoms with Crippen molar-refractivity contribution >= 4 is 16.7 Å². The van der Waals surface area contributed by atoms with Gasteiger partial charge in [-0.05, 0) is 36.2 Å². The predicted molar refractivity (Wildman–Crippen MR) is 107 cm³/mol. The van der Waals surface area contributed by atoms with Crippen LogP contribution in [-0.2, 0) is 4.79 Å². The first-order valence-corrected chi connectivity index (χ1v) is 8.98. The SMILES string of the molecule is C[C@H](c1cccc(OCC(=O)O)c1)n1ncc2ccc(-c3cn[nH]c3)cc2c1=O. The first kappa shape index (κ1) is 18.4. The van der Waals surface area contributed by atoms with Crippen LogP contribution >= 0.6 is 0 Å². The quantitative estimate of drug-likeness (QED) is 0.524. The van der Waals surface area contributed by atoms with Gasteiger partial charge in [0, 0.05) is 17.1 Å². The number of hydrogen-bond acceptors (Lipinski definition) is 5. The molecule has 2 heterocycles. The Labute approximate surface area is 165 Å². The van der Waals surface area contributed by atoms with Crippen molar-refractivity contribution in [2.24, 2.45) is 0 Å². The fourth-order valence-electron chi connectivity index (χ4n) is 3.17. The summed E-state index contributed by atoms with van der Waals surface area (Å²) in [7, 11) is 0. The number of aliphatic carboxylic acids is 1. The number of aromatic nitrogens is 4. The van der Waals surface area contributed by atoms with Gasteiger partial charge in [-0.2, -0.15) is 10.2 Å². The molecule has 0 radical (unpaired) electrons. The van der Waals surface area contributed by atoms with E-state index in [4.69, 9.17) is 9.84 Å². The maximum absolute atomic E-state index is 13.1. The number of carboxylic acid groups (broad SMARTS) is 1. The zero-order valence-electron chi connectivity index (χ0n) is 15.6. The molecule has 0 unspecified atom stereocenters. The third-order valence-corrected chi connectivity index (χ3v) is 4.71. The van der Waals surface area contributed by atoms with E-state index in [1.165, 1.54) is 4.68 Å². The molecule has 0 aliphatic rings. The van der Waals surface area contributed by atoms with Crippen LogP contribution in [0, 0.1) is 0 Å². The second-order valence-corrected chi connectivity index (χ2v) is 6.61. The lowest BCUT2D eigenvalue weighted by Gasteiger charge is -2.16. The van der Waals surface area contributed by atoms with Crippen LogP contribution in [0.25, 0.3) is 21.9 Å². The molecule has 4 rings (SSSR count). The topological polar surface area (TPSA) is 110 Å². The second kappa shape index (κ2) is 7.59. The number of benzene rings is 2. The van der Waals surface area contributed by atoms with E-state index in [-0.39, 0.29) is 11.6 Å². The van der Waals surface area contributed by atoms with Gasteiger partial charge in [0.15, 0.2) is 6.61 Å². The zero-order valence-corrected chi connectivity index (χ0v) is 15.6. The molecular formula is C21H18N4O4. The summed E-state index contributed by atoms with van der Waals surface area (Å²) in [6.07, 6.45) is 5.13. The van der Waals surface area contributed by atoms with Gasteiger partial charge in [0.25, 0.3) is 5.56 Å². The summed E-state index contributed by atoms with van der Waals surface area (Å²) >= 11 is 0. The van der Waals surface area contributed by atoms with Gasteiger partial charge >= 0.3 is 5.97 Å². The summed E-state index contributed by atoms with van der Waals surface area (Å²) in [5, 5.41) is 21.1. The molecule has 8 heteroatoms. The standard InChI is InChI=1S/C21H18N4O4/c1-13(14-3-2-4-18(7-14)29-12-20(26)27)25-21(28)19-8-15(17-9-22-23-10-17)5-6-16(19)11-24-25/h2-11,13H,12H2,1H3,(H,22,23)(H,26,27)/t13-/m1/s1. The maximum atomic E-state index is 13.1. The highest BCUT2D eigenvalue weighted by atomic mass is 16.5. The van der Waals surface area contributed by atoms with E-state index >= 15 is 0 Å². The summed E-state index contributed by atoms with van der Waals surface area (Å²) in [6, 6.07) is 12.2. The molecule has 8 nitrogen and oxygen atoms in total. The van der Waals surface area contributed by atoms with Gasteiger partial charge in [-0.1, -0.05) is 24.3 Å². The fourth-order valence-corrected chi connectivity index (χ4v) is 3.17. The van der Waals surface area contributed by atoms with Crippen molar-refractivity contribution < 1.29 is 14.6 Å². The molecule has 146 valence electrons. The van der Waals surface area contributed by atoms with Gasteiger partial charge < -0.3 is 9.84 Å². The Hall–Kier alpha value is -3.94. The first-order chi connectivity index (χ1) is 14.0. The molecule has 2 aromatic heterocycles. The summed E-state index contributed by atoms with van der Waals surface area (Å²) in [6.45, 7) is 1.43. The summed E-state index contributed by atoms with van der Waals surface area (Å²) in [5.74, 6) is -0.628. The third kappa shape index (κ3) is 3.73. The highest BCUT2D eigenvalue weighted by Crippen LogP contribution is 2.24. The van der Waals surface area contributed by atoms with Gasteiger partial charge in [0.2, 0.25) is 0 Å². The minimum Gasteiger partial charge on any atom is -0.482 e. The molecule has 4 aromatic rings. The van der Waals surface area contributed by atoms with Crippen molar-refractivity contribution in [3.63, 3.8) is 0 Å². The van der Waals surface area contributed by atoms with Crippen LogP contribution in [-0.4, -0.2) is 37.7 Å². The zero-order chi connectivity index (χ0) is 20.4. The Balaban J connectivity index is 1.72.